The van der Waals surface area contributed by atoms with Gasteiger partial charge >= 0.3 is 5.97 Å². The minimum Gasteiger partial charge on any atom is -0.481 e. The highest BCUT2D eigenvalue weighted by atomic mass is 32.2. The predicted octanol–water partition coefficient (Wildman–Crippen LogP) is 2.77. The second kappa shape index (κ2) is 6.46. The molecule has 0 amide bonds. The van der Waals surface area contributed by atoms with Crippen molar-refractivity contribution >= 4 is 27.3 Å². The summed E-state index contributed by atoms with van der Waals surface area (Å²) < 4.78 is 27.2. The van der Waals surface area contributed by atoms with Gasteiger partial charge in [0, 0.05) is 28.8 Å². The zero-order valence-electron chi connectivity index (χ0n) is 12.3. The zero-order valence-corrected chi connectivity index (χ0v) is 14.0. The number of thiophene rings is 1. The molecule has 7 heteroatoms. The van der Waals surface area contributed by atoms with Crippen LogP contribution in [0, 0.1) is 13.8 Å². The maximum atomic E-state index is 12.9. The summed E-state index contributed by atoms with van der Waals surface area (Å²) in [6, 6.07) is 1.53. The number of hydrogen-bond donors (Lipinski definition) is 1. The third-order valence-electron chi connectivity index (χ3n) is 3.85. The number of hydrogen-bond acceptors (Lipinski definition) is 4. The van der Waals surface area contributed by atoms with Crippen LogP contribution in [-0.4, -0.2) is 36.4 Å². The van der Waals surface area contributed by atoms with Gasteiger partial charge in [-0.15, -0.1) is 11.3 Å². The Hall–Kier alpha value is -0.920. The molecule has 2 heterocycles. The third-order valence-corrected chi connectivity index (χ3v) is 7.02. The highest BCUT2D eigenvalue weighted by molar-refractivity contribution is 7.89. The molecule has 1 atom stereocenters. The molecule has 1 aromatic rings. The summed E-state index contributed by atoms with van der Waals surface area (Å²) in [5.74, 6) is -0.875. The fourth-order valence-corrected chi connectivity index (χ4v) is 6.11. The lowest BCUT2D eigenvalue weighted by Gasteiger charge is -2.34. The number of carbonyl (C=O) groups is 1. The topological polar surface area (TPSA) is 74.7 Å². The lowest BCUT2D eigenvalue weighted by molar-refractivity contribution is -0.137. The number of aryl methyl sites for hydroxylation is 2. The van der Waals surface area contributed by atoms with Crippen LogP contribution >= 0.6 is 11.3 Å². The summed E-state index contributed by atoms with van der Waals surface area (Å²) in [6.07, 6.45) is 2.94. The predicted molar refractivity (Wildman–Crippen MR) is 82.2 cm³/mol. The Kier molecular flexibility index (Phi) is 5.06. The second-order valence-electron chi connectivity index (χ2n) is 5.48. The largest absolute Gasteiger partial charge is 0.481 e. The van der Waals surface area contributed by atoms with Crippen molar-refractivity contribution in [3.63, 3.8) is 0 Å². The van der Waals surface area contributed by atoms with Crippen LogP contribution in [0.5, 0.6) is 0 Å². The van der Waals surface area contributed by atoms with E-state index in [-0.39, 0.29) is 12.5 Å². The molecule has 2 rings (SSSR count). The smallest absolute Gasteiger partial charge is 0.303 e. The third kappa shape index (κ3) is 3.64. The van der Waals surface area contributed by atoms with Gasteiger partial charge in [0.05, 0.1) is 4.90 Å². The molecule has 0 aromatic carbocycles. The molecular formula is C14H21NO4S2. The van der Waals surface area contributed by atoms with Gasteiger partial charge < -0.3 is 5.11 Å². The molecular weight excluding hydrogens is 310 g/mol. The van der Waals surface area contributed by atoms with Gasteiger partial charge in [-0.25, -0.2) is 8.42 Å². The first kappa shape index (κ1) is 16.5. The van der Waals surface area contributed by atoms with Crippen molar-refractivity contribution in [3.8, 4) is 0 Å². The number of carboxylic acids is 1. The van der Waals surface area contributed by atoms with E-state index in [0.29, 0.717) is 17.9 Å². The molecule has 118 valence electrons. The van der Waals surface area contributed by atoms with Crippen molar-refractivity contribution in [1.82, 2.24) is 4.31 Å². The minimum atomic E-state index is -3.52. The van der Waals surface area contributed by atoms with Crippen molar-refractivity contribution in [2.45, 2.75) is 56.9 Å². The minimum absolute atomic E-state index is 0.0122. The Morgan fingerprint density at radius 1 is 1.43 bits per heavy atom. The normalized spacial score (nSPS) is 20.6. The molecule has 0 saturated carbocycles. The number of aliphatic carboxylic acids is 1. The van der Waals surface area contributed by atoms with E-state index in [1.165, 1.54) is 15.6 Å². The van der Waals surface area contributed by atoms with E-state index in [1.54, 1.807) is 6.07 Å². The molecule has 1 aliphatic rings. The number of carboxylic acid groups (broad SMARTS) is 1. The van der Waals surface area contributed by atoms with Gasteiger partial charge in [-0.05, 0) is 39.2 Å². The summed E-state index contributed by atoms with van der Waals surface area (Å²) in [5, 5.41) is 8.83. The summed E-state index contributed by atoms with van der Waals surface area (Å²) >= 11 is 1.48. The van der Waals surface area contributed by atoms with Crippen molar-refractivity contribution in [2.75, 3.05) is 6.54 Å². The van der Waals surface area contributed by atoms with Crippen LogP contribution < -0.4 is 0 Å². The van der Waals surface area contributed by atoms with E-state index in [9.17, 15) is 13.2 Å². The molecule has 0 aliphatic carbocycles. The maximum absolute atomic E-state index is 12.9. The Balaban J connectivity index is 2.27. The summed E-state index contributed by atoms with van der Waals surface area (Å²) in [7, 11) is -3.52. The van der Waals surface area contributed by atoms with Gasteiger partial charge in [0.25, 0.3) is 0 Å². The van der Waals surface area contributed by atoms with Crippen molar-refractivity contribution < 1.29 is 18.3 Å². The fourth-order valence-electron chi connectivity index (χ4n) is 2.86. The number of rotatable bonds is 5. The molecule has 0 spiro atoms. The number of nitrogens with zero attached hydrogens (tertiary/aromatic N) is 1. The van der Waals surface area contributed by atoms with Gasteiger partial charge in [-0.1, -0.05) is 6.42 Å². The van der Waals surface area contributed by atoms with E-state index in [0.717, 1.165) is 29.0 Å². The van der Waals surface area contributed by atoms with Gasteiger partial charge in [0.1, 0.15) is 0 Å². The van der Waals surface area contributed by atoms with Gasteiger partial charge in [0.2, 0.25) is 10.0 Å². The first-order chi connectivity index (χ1) is 9.82. The molecule has 1 aromatic heterocycles. The lowest BCUT2D eigenvalue weighted by atomic mass is 10.0. The molecule has 5 nitrogen and oxygen atoms in total. The van der Waals surface area contributed by atoms with E-state index in [1.807, 2.05) is 13.8 Å². The first-order valence-electron chi connectivity index (χ1n) is 7.13. The Morgan fingerprint density at radius 3 is 2.71 bits per heavy atom. The highest BCUT2D eigenvalue weighted by Gasteiger charge is 2.34. The van der Waals surface area contributed by atoms with Crippen LogP contribution in [-0.2, 0) is 14.8 Å². The van der Waals surface area contributed by atoms with Crippen LogP contribution in [0.15, 0.2) is 11.0 Å². The Labute approximate surface area is 129 Å². The van der Waals surface area contributed by atoms with Gasteiger partial charge in [-0.3, -0.25) is 4.79 Å². The van der Waals surface area contributed by atoms with E-state index < -0.39 is 16.0 Å². The quantitative estimate of drug-likeness (QED) is 0.900. The monoisotopic (exact) mass is 331 g/mol. The summed E-state index contributed by atoms with van der Waals surface area (Å²) in [5.41, 5.74) is 0. The molecule has 1 saturated heterocycles. The number of piperidine rings is 1. The average Bonchev–Trinajstić information content (AvgIpc) is 2.76. The molecule has 1 unspecified atom stereocenters. The molecule has 1 N–H and O–H groups in total. The Morgan fingerprint density at radius 2 is 2.14 bits per heavy atom. The van der Waals surface area contributed by atoms with Crippen LogP contribution in [0.25, 0.3) is 0 Å². The number of sulfonamides is 1. The van der Waals surface area contributed by atoms with Crippen LogP contribution in [0.3, 0.4) is 0 Å². The van der Waals surface area contributed by atoms with E-state index in [2.05, 4.69) is 0 Å². The highest BCUT2D eigenvalue weighted by Crippen LogP contribution is 2.32. The first-order valence-corrected chi connectivity index (χ1v) is 9.38. The van der Waals surface area contributed by atoms with E-state index in [4.69, 9.17) is 5.11 Å². The Bertz CT molecular complexity index is 621. The van der Waals surface area contributed by atoms with Gasteiger partial charge in [-0.2, -0.15) is 4.31 Å². The van der Waals surface area contributed by atoms with Crippen molar-refractivity contribution in [1.29, 1.82) is 0 Å². The maximum Gasteiger partial charge on any atom is 0.303 e. The zero-order chi connectivity index (χ0) is 15.6. The van der Waals surface area contributed by atoms with Crippen LogP contribution in [0.4, 0.5) is 0 Å². The second-order valence-corrected chi connectivity index (χ2v) is 8.79. The van der Waals surface area contributed by atoms with Crippen molar-refractivity contribution in [2.24, 2.45) is 0 Å². The van der Waals surface area contributed by atoms with Crippen molar-refractivity contribution in [3.05, 3.63) is 15.8 Å². The van der Waals surface area contributed by atoms with Crippen LogP contribution in [0.1, 0.15) is 41.9 Å². The summed E-state index contributed by atoms with van der Waals surface area (Å²) in [4.78, 5) is 12.9. The average molecular weight is 331 g/mol. The molecule has 21 heavy (non-hydrogen) atoms. The molecule has 1 fully saturated rings. The molecule has 0 radical (unpaired) electrons. The van der Waals surface area contributed by atoms with Gasteiger partial charge in [0.15, 0.2) is 0 Å². The summed E-state index contributed by atoms with van der Waals surface area (Å²) in [6.45, 7) is 4.20. The molecule has 0 bridgehead atoms. The SMILES string of the molecule is Cc1cc(S(=O)(=O)N2CCCCC2CCC(=O)O)c(C)s1. The lowest BCUT2D eigenvalue weighted by Crippen LogP contribution is -2.43. The van der Waals surface area contributed by atoms with Crippen LogP contribution in [0.2, 0.25) is 0 Å². The van der Waals surface area contributed by atoms with E-state index >= 15 is 0 Å². The molecule has 1 aliphatic heterocycles. The fraction of sp³-hybridized carbons (Fsp3) is 0.643. The standard InChI is InChI=1S/C14H21NO4S2/c1-10-9-13(11(2)20-10)21(18,19)15-8-4-3-5-12(15)6-7-14(16)17/h9,12H,3-8H2,1-2H3,(H,16,17).